The van der Waals surface area contributed by atoms with Gasteiger partial charge in [-0.15, -0.1) is 0 Å². The molecular weight excluding hydrogens is 228 g/mol. The minimum atomic E-state index is -3.19. The van der Waals surface area contributed by atoms with E-state index in [1.54, 1.807) is 32.4 Å². The van der Waals surface area contributed by atoms with Gasteiger partial charge in [-0.2, -0.15) is 0 Å². The van der Waals surface area contributed by atoms with Crippen LogP contribution in [0.15, 0.2) is 23.0 Å². The molecule has 0 aliphatic rings. The summed E-state index contributed by atoms with van der Waals surface area (Å²) in [5, 5.41) is 0. The summed E-state index contributed by atoms with van der Waals surface area (Å²) in [6.07, 6.45) is 4.86. The van der Waals surface area contributed by atoms with E-state index in [0.717, 1.165) is 5.56 Å². The standard InChI is InChI=1S/C10H18N2O3S/c1-10(2,16(3,13)14)9(12-11)6-8-4-5-15-7-8/h4-5,7,9,12H,6,11H2,1-3H3. The molecule has 1 aromatic rings. The highest BCUT2D eigenvalue weighted by Gasteiger charge is 2.38. The molecule has 0 saturated heterocycles. The fourth-order valence-corrected chi connectivity index (χ4v) is 2.08. The summed E-state index contributed by atoms with van der Waals surface area (Å²) in [6, 6.07) is 1.43. The number of sulfone groups is 1. The third kappa shape index (κ3) is 2.63. The van der Waals surface area contributed by atoms with Crippen LogP contribution >= 0.6 is 0 Å². The van der Waals surface area contributed by atoms with E-state index in [-0.39, 0.29) is 6.04 Å². The van der Waals surface area contributed by atoms with Crippen LogP contribution in [0.4, 0.5) is 0 Å². The van der Waals surface area contributed by atoms with Gasteiger partial charge in [-0.05, 0) is 31.9 Å². The molecule has 0 aliphatic carbocycles. The zero-order chi connectivity index (χ0) is 12.4. The summed E-state index contributed by atoms with van der Waals surface area (Å²) in [5.74, 6) is 5.43. The van der Waals surface area contributed by atoms with Crippen molar-refractivity contribution < 1.29 is 12.8 Å². The second-order valence-electron chi connectivity index (χ2n) is 4.43. The second kappa shape index (κ2) is 4.57. The third-order valence-electron chi connectivity index (χ3n) is 3.02. The second-order valence-corrected chi connectivity index (χ2v) is 7.03. The fourth-order valence-electron chi connectivity index (χ4n) is 1.41. The van der Waals surface area contributed by atoms with E-state index in [0.29, 0.717) is 6.42 Å². The van der Waals surface area contributed by atoms with Crippen LogP contribution in [-0.4, -0.2) is 25.5 Å². The highest BCUT2D eigenvalue weighted by molar-refractivity contribution is 7.92. The summed E-state index contributed by atoms with van der Waals surface area (Å²) in [4.78, 5) is 0. The summed E-state index contributed by atoms with van der Waals surface area (Å²) in [5.41, 5.74) is 3.48. The van der Waals surface area contributed by atoms with E-state index in [1.165, 1.54) is 6.26 Å². The largest absolute Gasteiger partial charge is 0.472 e. The van der Waals surface area contributed by atoms with Crippen LogP contribution in [0.2, 0.25) is 0 Å². The van der Waals surface area contributed by atoms with Crippen molar-refractivity contribution in [2.24, 2.45) is 5.84 Å². The number of hydrogen-bond acceptors (Lipinski definition) is 5. The van der Waals surface area contributed by atoms with Gasteiger partial charge in [-0.1, -0.05) is 0 Å². The van der Waals surface area contributed by atoms with Crippen LogP contribution in [0, 0.1) is 0 Å². The molecular formula is C10H18N2O3S. The molecule has 1 heterocycles. The van der Waals surface area contributed by atoms with Crippen molar-refractivity contribution in [3.8, 4) is 0 Å². The maximum Gasteiger partial charge on any atom is 0.154 e. The molecule has 0 aliphatic heterocycles. The Kier molecular flexibility index (Phi) is 3.77. The van der Waals surface area contributed by atoms with Crippen molar-refractivity contribution in [1.82, 2.24) is 5.43 Å². The van der Waals surface area contributed by atoms with Crippen LogP contribution in [0.25, 0.3) is 0 Å². The Bertz CT molecular complexity index is 423. The Morgan fingerprint density at radius 1 is 1.56 bits per heavy atom. The van der Waals surface area contributed by atoms with Gasteiger partial charge in [-0.25, -0.2) is 8.42 Å². The molecule has 0 amide bonds. The lowest BCUT2D eigenvalue weighted by molar-refractivity contribution is 0.411. The van der Waals surface area contributed by atoms with Crippen LogP contribution in [0.5, 0.6) is 0 Å². The fraction of sp³-hybridized carbons (Fsp3) is 0.600. The molecule has 92 valence electrons. The Hall–Kier alpha value is -0.850. The van der Waals surface area contributed by atoms with Crippen molar-refractivity contribution in [2.45, 2.75) is 31.1 Å². The van der Waals surface area contributed by atoms with Crippen LogP contribution in [-0.2, 0) is 16.3 Å². The van der Waals surface area contributed by atoms with Gasteiger partial charge in [0, 0.05) is 12.3 Å². The number of hydrogen-bond donors (Lipinski definition) is 2. The summed E-state index contributed by atoms with van der Waals surface area (Å²) >= 11 is 0. The van der Waals surface area contributed by atoms with Crippen molar-refractivity contribution in [3.05, 3.63) is 24.2 Å². The Labute approximate surface area is 95.9 Å². The van der Waals surface area contributed by atoms with Crippen LogP contribution in [0.1, 0.15) is 19.4 Å². The first kappa shape index (κ1) is 13.2. The maximum absolute atomic E-state index is 11.7. The first-order chi connectivity index (χ1) is 7.29. The molecule has 0 fully saturated rings. The molecule has 0 radical (unpaired) electrons. The van der Waals surface area contributed by atoms with Gasteiger partial charge in [-0.3, -0.25) is 11.3 Å². The monoisotopic (exact) mass is 246 g/mol. The Balaban J connectivity index is 2.91. The normalized spacial score (nSPS) is 15.0. The van der Waals surface area contributed by atoms with E-state index in [9.17, 15) is 8.42 Å². The summed E-state index contributed by atoms with van der Waals surface area (Å²) in [7, 11) is -3.19. The average Bonchev–Trinajstić information content (AvgIpc) is 2.64. The number of hydrazine groups is 1. The van der Waals surface area contributed by atoms with Gasteiger partial charge in [0.1, 0.15) is 0 Å². The molecule has 3 N–H and O–H groups in total. The van der Waals surface area contributed by atoms with E-state index >= 15 is 0 Å². The molecule has 16 heavy (non-hydrogen) atoms. The minimum absolute atomic E-state index is 0.361. The van der Waals surface area contributed by atoms with E-state index < -0.39 is 14.6 Å². The lowest BCUT2D eigenvalue weighted by atomic mass is 9.97. The average molecular weight is 246 g/mol. The topological polar surface area (TPSA) is 85.3 Å². The number of nitrogens with one attached hydrogen (secondary N) is 1. The van der Waals surface area contributed by atoms with Crippen molar-refractivity contribution in [2.75, 3.05) is 6.26 Å². The van der Waals surface area contributed by atoms with Crippen molar-refractivity contribution in [1.29, 1.82) is 0 Å². The van der Waals surface area contributed by atoms with Crippen molar-refractivity contribution in [3.63, 3.8) is 0 Å². The van der Waals surface area contributed by atoms with Gasteiger partial charge < -0.3 is 4.42 Å². The number of rotatable bonds is 5. The van der Waals surface area contributed by atoms with Gasteiger partial charge in [0.15, 0.2) is 9.84 Å². The molecule has 6 heteroatoms. The van der Waals surface area contributed by atoms with Gasteiger partial charge in [0.2, 0.25) is 0 Å². The predicted molar refractivity (Wildman–Crippen MR) is 62.4 cm³/mol. The minimum Gasteiger partial charge on any atom is -0.472 e. The Morgan fingerprint density at radius 2 is 2.19 bits per heavy atom. The molecule has 0 spiro atoms. The van der Waals surface area contributed by atoms with E-state index in [4.69, 9.17) is 10.3 Å². The molecule has 1 aromatic heterocycles. The van der Waals surface area contributed by atoms with E-state index in [1.807, 2.05) is 0 Å². The molecule has 1 rings (SSSR count). The van der Waals surface area contributed by atoms with Crippen LogP contribution < -0.4 is 11.3 Å². The summed E-state index contributed by atoms with van der Waals surface area (Å²) < 4.78 is 27.3. The van der Waals surface area contributed by atoms with Crippen LogP contribution in [0.3, 0.4) is 0 Å². The first-order valence-electron chi connectivity index (χ1n) is 4.96. The predicted octanol–water partition coefficient (Wildman–Crippen LogP) is 0.477. The third-order valence-corrected chi connectivity index (χ3v) is 5.21. The smallest absolute Gasteiger partial charge is 0.154 e. The number of nitrogens with two attached hydrogens (primary N) is 1. The zero-order valence-electron chi connectivity index (χ0n) is 9.73. The lowest BCUT2D eigenvalue weighted by Gasteiger charge is -2.31. The Morgan fingerprint density at radius 3 is 2.56 bits per heavy atom. The van der Waals surface area contributed by atoms with Gasteiger partial charge >= 0.3 is 0 Å². The maximum atomic E-state index is 11.7. The van der Waals surface area contributed by atoms with Gasteiger partial charge in [0.05, 0.1) is 17.3 Å². The SMILES string of the molecule is CC(C)(C(Cc1ccoc1)NN)S(C)(=O)=O. The van der Waals surface area contributed by atoms with Crippen molar-refractivity contribution >= 4 is 9.84 Å². The number of furan rings is 1. The molecule has 1 atom stereocenters. The summed E-state index contributed by atoms with van der Waals surface area (Å²) in [6.45, 7) is 3.32. The molecule has 5 nitrogen and oxygen atoms in total. The van der Waals surface area contributed by atoms with E-state index in [2.05, 4.69) is 5.43 Å². The molecule has 1 unspecified atom stereocenters. The first-order valence-corrected chi connectivity index (χ1v) is 6.85. The quantitative estimate of drug-likeness (QED) is 0.583. The molecule has 0 saturated carbocycles. The highest BCUT2D eigenvalue weighted by Crippen LogP contribution is 2.22. The highest BCUT2D eigenvalue weighted by atomic mass is 32.2. The zero-order valence-corrected chi connectivity index (χ0v) is 10.5. The molecule has 0 bridgehead atoms. The van der Waals surface area contributed by atoms with Gasteiger partial charge in [0.25, 0.3) is 0 Å². The lowest BCUT2D eigenvalue weighted by Crippen LogP contribution is -2.55. The molecule has 0 aromatic carbocycles.